The third-order valence-corrected chi connectivity index (χ3v) is 3.39. The summed E-state index contributed by atoms with van der Waals surface area (Å²) >= 11 is 0. The second-order valence-electron chi connectivity index (χ2n) is 5.20. The predicted octanol–water partition coefficient (Wildman–Crippen LogP) is 1.50. The van der Waals surface area contributed by atoms with E-state index in [4.69, 9.17) is 10.3 Å². The lowest BCUT2D eigenvalue weighted by Crippen LogP contribution is -2.34. The smallest absolute Gasteiger partial charge is 0.268 e. The van der Waals surface area contributed by atoms with Gasteiger partial charge in [0.15, 0.2) is 0 Å². The Morgan fingerprint density at radius 2 is 2.33 bits per heavy atom. The molecular formula is C13H21N3O2. The van der Waals surface area contributed by atoms with Crippen LogP contribution in [-0.2, 0) is 6.54 Å². The molecule has 0 atom stereocenters. The number of hydrazine groups is 1. The highest BCUT2D eigenvalue weighted by molar-refractivity contribution is 5.94. The molecule has 1 heterocycles. The van der Waals surface area contributed by atoms with Gasteiger partial charge in [0.05, 0.1) is 18.4 Å². The van der Waals surface area contributed by atoms with E-state index >= 15 is 0 Å². The lowest BCUT2D eigenvalue weighted by molar-refractivity contribution is 0.0948. The normalized spacial score (nSPS) is 15.4. The Hall–Kier alpha value is -1.33. The van der Waals surface area contributed by atoms with Crippen LogP contribution in [0.15, 0.2) is 16.7 Å². The minimum absolute atomic E-state index is 0.297. The number of carbonyl (C=O) groups excluding carboxylic acids is 1. The summed E-state index contributed by atoms with van der Waals surface area (Å²) in [7, 11) is 0. The molecule has 0 bridgehead atoms. The fraction of sp³-hybridized carbons (Fsp3) is 0.615. The van der Waals surface area contributed by atoms with Crippen LogP contribution in [-0.4, -0.2) is 23.4 Å². The average molecular weight is 251 g/mol. The van der Waals surface area contributed by atoms with E-state index in [0.717, 1.165) is 12.5 Å². The third-order valence-electron chi connectivity index (χ3n) is 3.39. The summed E-state index contributed by atoms with van der Waals surface area (Å²) in [5, 5.41) is 0. The van der Waals surface area contributed by atoms with E-state index in [0.29, 0.717) is 23.9 Å². The van der Waals surface area contributed by atoms with Gasteiger partial charge in [0.1, 0.15) is 5.76 Å². The van der Waals surface area contributed by atoms with Gasteiger partial charge in [0, 0.05) is 12.6 Å². The Morgan fingerprint density at radius 3 is 2.89 bits per heavy atom. The molecule has 0 saturated heterocycles. The fourth-order valence-corrected chi connectivity index (χ4v) is 2.02. The topological polar surface area (TPSA) is 71.5 Å². The molecule has 5 heteroatoms. The summed E-state index contributed by atoms with van der Waals surface area (Å²) in [6, 6.07) is 2.09. The summed E-state index contributed by atoms with van der Waals surface area (Å²) in [5.74, 6) is 6.36. The number of nitrogens with two attached hydrogens (primary N) is 1. The Bertz CT molecular complexity index is 410. The highest BCUT2D eigenvalue weighted by Gasteiger charge is 2.27. The molecule has 1 aromatic heterocycles. The van der Waals surface area contributed by atoms with Crippen LogP contribution in [0.3, 0.4) is 0 Å². The summed E-state index contributed by atoms with van der Waals surface area (Å²) < 4.78 is 5.41. The Kier molecular flexibility index (Phi) is 4.04. The van der Waals surface area contributed by atoms with Crippen LogP contribution < -0.4 is 11.3 Å². The van der Waals surface area contributed by atoms with Crippen LogP contribution in [0.1, 0.15) is 42.8 Å². The molecule has 0 unspecified atom stereocenters. The monoisotopic (exact) mass is 251 g/mol. The van der Waals surface area contributed by atoms with Crippen LogP contribution in [0.5, 0.6) is 0 Å². The standard InChI is InChI=1S/C13H21N3O2/c1-9(2)16(7-10-3-4-10)8-12-11(5-6-18-12)13(17)15-14/h5-6,9-10H,3-4,7-8,14H2,1-2H3,(H,15,17). The maximum absolute atomic E-state index is 11.6. The first-order chi connectivity index (χ1) is 8.61. The van der Waals surface area contributed by atoms with Gasteiger partial charge in [-0.05, 0) is 38.7 Å². The third kappa shape index (κ3) is 3.11. The van der Waals surface area contributed by atoms with Gasteiger partial charge in [-0.1, -0.05) is 0 Å². The van der Waals surface area contributed by atoms with Crippen LogP contribution in [0.25, 0.3) is 0 Å². The van der Waals surface area contributed by atoms with Crippen LogP contribution in [0, 0.1) is 5.92 Å². The number of rotatable bonds is 6. The summed E-state index contributed by atoms with van der Waals surface area (Å²) in [6.07, 6.45) is 4.17. The van der Waals surface area contributed by atoms with Crippen molar-refractivity contribution in [2.24, 2.45) is 11.8 Å². The molecule has 0 spiro atoms. The van der Waals surface area contributed by atoms with Crippen molar-refractivity contribution in [3.8, 4) is 0 Å². The predicted molar refractivity (Wildman–Crippen MR) is 68.6 cm³/mol. The fourth-order valence-electron chi connectivity index (χ4n) is 2.02. The van der Waals surface area contributed by atoms with Crippen LogP contribution in [0.2, 0.25) is 0 Å². The van der Waals surface area contributed by atoms with E-state index < -0.39 is 0 Å². The van der Waals surface area contributed by atoms with Gasteiger partial charge in [-0.2, -0.15) is 0 Å². The average Bonchev–Trinajstić information content (AvgIpc) is 3.04. The van der Waals surface area contributed by atoms with E-state index in [9.17, 15) is 4.79 Å². The van der Waals surface area contributed by atoms with Crippen molar-refractivity contribution in [1.82, 2.24) is 10.3 Å². The van der Waals surface area contributed by atoms with Gasteiger partial charge < -0.3 is 4.42 Å². The summed E-state index contributed by atoms with van der Waals surface area (Å²) in [4.78, 5) is 13.9. The van der Waals surface area contributed by atoms with Gasteiger partial charge in [0.25, 0.3) is 5.91 Å². The molecule has 1 amide bonds. The number of nitrogens with zero attached hydrogens (tertiary/aromatic N) is 1. The van der Waals surface area contributed by atoms with E-state index in [2.05, 4.69) is 24.2 Å². The van der Waals surface area contributed by atoms with E-state index in [-0.39, 0.29) is 5.91 Å². The molecule has 0 radical (unpaired) electrons. The Morgan fingerprint density at radius 1 is 1.61 bits per heavy atom. The molecule has 1 aliphatic carbocycles. The highest BCUT2D eigenvalue weighted by Crippen LogP contribution is 2.31. The second kappa shape index (κ2) is 5.54. The molecule has 1 aliphatic rings. The van der Waals surface area contributed by atoms with Gasteiger partial charge >= 0.3 is 0 Å². The minimum Gasteiger partial charge on any atom is -0.467 e. The molecule has 2 rings (SSSR count). The zero-order valence-electron chi connectivity index (χ0n) is 11.0. The van der Waals surface area contributed by atoms with Crippen molar-refractivity contribution >= 4 is 5.91 Å². The molecule has 18 heavy (non-hydrogen) atoms. The van der Waals surface area contributed by atoms with Crippen molar-refractivity contribution in [3.05, 3.63) is 23.7 Å². The minimum atomic E-state index is -0.297. The maximum atomic E-state index is 11.6. The number of hydrogen-bond acceptors (Lipinski definition) is 4. The molecule has 1 fully saturated rings. The summed E-state index contributed by atoms with van der Waals surface area (Å²) in [5.41, 5.74) is 2.67. The lowest BCUT2D eigenvalue weighted by Gasteiger charge is -2.25. The number of furan rings is 1. The number of amides is 1. The Labute approximate surface area is 107 Å². The van der Waals surface area contributed by atoms with E-state index in [1.165, 1.54) is 19.1 Å². The quantitative estimate of drug-likeness (QED) is 0.456. The SMILES string of the molecule is CC(C)N(Cc1occc1C(=O)NN)CC1CC1. The first-order valence-corrected chi connectivity index (χ1v) is 6.43. The zero-order valence-corrected chi connectivity index (χ0v) is 11.0. The van der Waals surface area contributed by atoms with Gasteiger partial charge in [-0.3, -0.25) is 15.1 Å². The molecule has 1 saturated carbocycles. The summed E-state index contributed by atoms with van der Waals surface area (Å²) in [6.45, 7) is 6.05. The molecule has 3 N–H and O–H groups in total. The lowest BCUT2D eigenvalue weighted by atomic mass is 10.2. The molecule has 100 valence electrons. The maximum Gasteiger partial charge on any atom is 0.268 e. The van der Waals surface area contributed by atoms with Gasteiger partial charge in [0.2, 0.25) is 0 Å². The molecule has 1 aromatic rings. The van der Waals surface area contributed by atoms with Crippen molar-refractivity contribution in [3.63, 3.8) is 0 Å². The van der Waals surface area contributed by atoms with Crippen molar-refractivity contribution in [1.29, 1.82) is 0 Å². The van der Waals surface area contributed by atoms with Gasteiger partial charge in [-0.25, -0.2) is 5.84 Å². The van der Waals surface area contributed by atoms with Crippen molar-refractivity contribution in [2.45, 2.75) is 39.3 Å². The van der Waals surface area contributed by atoms with Crippen molar-refractivity contribution < 1.29 is 9.21 Å². The first kappa shape index (κ1) is 13.1. The van der Waals surface area contributed by atoms with Crippen molar-refractivity contribution in [2.75, 3.05) is 6.54 Å². The second-order valence-corrected chi connectivity index (χ2v) is 5.20. The molecule has 0 aromatic carbocycles. The number of carbonyl (C=O) groups is 1. The molecule has 0 aliphatic heterocycles. The van der Waals surface area contributed by atoms with Crippen LogP contribution in [0.4, 0.5) is 0 Å². The number of hydrogen-bond donors (Lipinski definition) is 2. The van der Waals surface area contributed by atoms with Crippen LogP contribution >= 0.6 is 0 Å². The number of nitrogens with one attached hydrogen (secondary N) is 1. The molecule has 5 nitrogen and oxygen atoms in total. The van der Waals surface area contributed by atoms with E-state index in [1.54, 1.807) is 6.07 Å². The van der Waals surface area contributed by atoms with E-state index in [1.807, 2.05) is 0 Å². The Balaban J connectivity index is 2.05. The van der Waals surface area contributed by atoms with Gasteiger partial charge in [-0.15, -0.1) is 0 Å². The number of nitrogen functional groups attached to an aromatic ring is 1. The largest absolute Gasteiger partial charge is 0.467 e. The molecular weight excluding hydrogens is 230 g/mol. The zero-order chi connectivity index (χ0) is 13.1. The highest BCUT2D eigenvalue weighted by atomic mass is 16.3. The first-order valence-electron chi connectivity index (χ1n) is 6.43.